The molecule has 8 nitrogen and oxygen atoms in total. The molecule has 2 amide bonds. The van der Waals surface area contributed by atoms with Crippen molar-refractivity contribution < 1.29 is 28.6 Å². The molecule has 0 heterocycles. The molecule has 0 fully saturated rings. The number of nitrogens with one attached hydrogen (secondary N) is 2. The summed E-state index contributed by atoms with van der Waals surface area (Å²) in [7, 11) is 0. The molecule has 2 N–H and O–H groups in total. The van der Waals surface area contributed by atoms with E-state index in [0.29, 0.717) is 6.42 Å². The van der Waals surface area contributed by atoms with Gasteiger partial charge in [-0.05, 0) is 49.4 Å². The Bertz CT molecular complexity index is 1000. The lowest BCUT2D eigenvalue weighted by Gasteiger charge is -2.22. The summed E-state index contributed by atoms with van der Waals surface area (Å²) in [5.41, 5.74) is 3.72. The number of ether oxygens (including phenoxy) is 3. The third kappa shape index (κ3) is 7.21. The summed E-state index contributed by atoms with van der Waals surface area (Å²) in [6.07, 6.45) is 0.0880. The van der Waals surface area contributed by atoms with Gasteiger partial charge in [0.1, 0.15) is 18.2 Å². The van der Waals surface area contributed by atoms with Crippen LogP contribution in [0, 0.1) is 0 Å². The highest BCUT2D eigenvalue weighted by Gasteiger charge is 2.30. The Hall–Kier alpha value is -3.55. The first-order valence-electron chi connectivity index (χ1n) is 11.9. The second-order valence-corrected chi connectivity index (χ2v) is 9.43. The summed E-state index contributed by atoms with van der Waals surface area (Å²) in [5.74, 6) is -0.758. The first-order chi connectivity index (χ1) is 16.7. The zero-order valence-corrected chi connectivity index (χ0v) is 20.8. The minimum absolute atomic E-state index is 0.108. The molecule has 2 aromatic rings. The van der Waals surface area contributed by atoms with Gasteiger partial charge in [-0.2, -0.15) is 0 Å². The third-order valence-electron chi connectivity index (χ3n) is 5.51. The molecular weight excluding hydrogens is 448 g/mol. The molecule has 35 heavy (non-hydrogen) atoms. The van der Waals surface area contributed by atoms with Crippen LogP contribution in [-0.4, -0.2) is 49.6 Å². The quantitative estimate of drug-likeness (QED) is 0.303. The van der Waals surface area contributed by atoms with Gasteiger partial charge in [-0.1, -0.05) is 61.9 Å². The van der Waals surface area contributed by atoms with Crippen molar-refractivity contribution in [3.8, 4) is 11.1 Å². The lowest BCUT2D eigenvalue weighted by molar-refractivity contribution is -0.146. The van der Waals surface area contributed by atoms with Crippen LogP contribution in [0.3, 0.4) is 0 Å². The number of rotatable bonds is 9. The highest BCUT2D eigenvalue weighted by molar-refractivity contribution is 5.83. The number of hydrogen-bond donors (Lipinski definition) is 2. The lowest BCUT2D eigenvalue weighted by atomic mass is 9.98. The van der Waals surface area contributed by atoms with Gasteiger partial charge in [-0.15, -0.1) is 0 Å². The number of amides is 2. The zero-order chi connectivity index (χ0) is 25.4. The molecule has 0 saturated heterocycles. The fraction of sp³-hybridized carbons (Fsp3) is 0.444. The molecule has 2 aromatic carbocycles. The van der Waals surface area contributed by atoms with Crippen molar-refractivity contribution in [3.63, 3.8) is 0 Å². The minimum atomic E-state index is -1.12. The molecule has 188 valence electrons. The van der Waals surface area contributed by atoms with Gasteiger partial charge in [0.05, 0.1) is 13.2 Å². The van der Waals surface area contributed by atoms with Crippen molar-refractivity contribution in [1.82, 2.24) is 10.6 Å². The molecule has 0 spiro atoms. The fourth-order valence-electron chi connectivity index (χ4n) is 3.89. The van der Waals surface area contributed by atoms with Gasteiger partial charge >= 0.3 is 18.2 Å². The molecule has 1 aliphatic rings. The Labute approximate surface area is 206 Å². The summed E-state index contributed by atoms with van der Waals surface area (Å²) in [6, 6.07) is 14.9. The first-order valence-corrected chi connectivity index (χ1v) is 11.9. The topological polar surface area (TPSA) is 103 Å². The van der Waals surface area contributed by atoms with E-state index in [1.54, 1.807) is 20.8 Å². The number of carbonyl (C=O) groups is 3. The molecule has 0 aliphatic heterocycles. The van der Waals surface area contributed by atoms with E-state index in [1.165, 1.54) is 0 Å². The highest BCUT2D eigenvalue weighted by Crippen LogP contribution is 2.44. The Morgan fingerprint density at radius 2 is 1.51 bits per heavy atom. The van der Waals surface area contributed by atoms with E-state index in [4.69, 9.17) is 14.2 Å². The summed E-state index contributed by atoms with van der Waals surface area (Å²) in [5, 5.41) is 5.03. The average molecular weight is 483 g/mol. The van der Waals surface area contributed by atoms with E-state index >= 15 is 0 Å². The summed E-state index contributed by atoms with van der Waals surface area (Å²) in [6.45, 7) is 7.32. The van der Waals surface area contributed by atoms with Gasteiger partial charge in [-0.25, -0.2) is 14.4 Å². The molecule has 0 bridgehead atoms. The molecule has 0 saturated carbocycles. The Morgan fingerprint density at radius 1 is 0.914 bits per heavy atom. The number of carbonyl (C=O) groups excluding carboxylic acids is 3. The van der Waals surface area contributed by atoms with Crippen LogP contribution in [0.4, 0.5) is 9.59 Å². The van der Waals surface area contributed by atoms with Crippen LogP contribution in [0.15, 0.2) is 48.5 Å². The first kappa shape index (κ1) is 26.1. The number of esters is 1. The van der Waals surface area contributed by atoms with E-state index in [2.05, 4.69) is 22.8 Å². The van der Waals surface area contributed by atoms with E-state index in [1.807, 2.05) is 43.3 Å². The van der Waals surface area contributed by atoms with Gasteiger partial charge in [0.2, 0.25) is 0 Å². The number of hydrogen-bond acceptors (Lipinski definition) is 6. The predicted octanol–water partition coefficient (Wildman–Crippen LogP) is 4.76. The van der Waals surface area contributed by atoms with Gasteiger partial charge in [0.25, 0.3) is 0 Å². The van der Waals surface area contributed by atoms with E-state index < -0.39 is 29.8 Å². The fourth-order valence-corrected chi connectivity index (χ4v) is 3.89. The molecular formula is C27H34N2O6. The van der Waals surface area contributed by atoms with E-state index in [9.17, 15) is 14.4 Å². The van der Waals surface area contributed by atoms with Crippen molar-refractivity contribution >= 4 is 18.2 Å². The molecule has 1 aliphatic carbocycles. The average Bonchev–Trinajstić information content (AvgIpc) is 3.13. The number of alkyl carbamates (subject to hydrolysis) is 2. The van der Waals surface area contributed by atoms with Crippen molar-refractivity contribution in [2.45, 2.75) is 58.1 Å². The largest absolute Gasteiger partial charge is 0.464 e. The monoisotopic (exact) mass is 482 g/mol. The Morgan fingerprint density at radius 3 is 2.09 bits per heavy atom. The Balaban J connectivity index is 1.62. The predicted molar refractivity (Wildman–Crippen MR) is 132 cm³/mol. The molecule has 8 heteroatoms. The second-order valence-electron chi connectivity index (χ2n) is 9.43. The van der Waals surface area contributed by atoms with E-state index in [0.717, 1.165) is 28.7 Å². The molecule has 3 rings (SSSR count). The summed E-state index contributed by atoms with van der Waals surface area (Å²) in [4.78, 5) is 37.2. The molecule has 1 atom stereocenters. The smallest absolute Gasteiger partial charge is 0.407 e. The Kier molecular flexibility index (Phi) is 8.73. The molecule has 0 aromatic heterocycles. The van der Waals surface area contributed by atoms with Crippen LogP contribution in [-0.2, 0) is 19.0 Å². The van der Waals surface area contributed by atoms with Gasteiger partial charge in [-0.3, -0.25) is 0 Å². The van der Waals surface area contributed by atoms with Crippen LogP contribution < -0.4 is 10.6 Å². The summed E-state index contributed by atoms with van der Waals surface area (Å²) < 4.78 is 16.0. The second kappa shape index (κ2) is 11.7. The van der Waals surface area contributed by atoms with Gasteiger partial charge < -0.3 is 24.8 Å². The van der Waals surface area contributed by atoms with Crippen LogP contribution in [0.2, 0.25) is 0 Å². The number of unbranched alkanes of at least 4 members (excludes halogenated alkanes) is 1. The minimum Gasteiger partial charge on any atom is -0.464 e. The van der Waals surface area contributed by atoms with Crippen LogP contribution in [0.25, 0.3) is 11.1 Å². The number of benzene rings is 2. The van der Waals surface area contributed by atoms with Crippen LogP contribution in [0.5, 0.6) is 0 Å². The lowest BCUT2D eigenvalue weighted by Crippen LogP contribution is -2.50. The maximum atomic E-state index is 12.7. The van der Waals surface area contributed by atoms with Gasteiger partial charge in [0, 0.05) is 5.92 Å². The standard InChI is InChI=1S/C27H34N2O6/c1-5-6-15-33-24(30)23(16-28-25(31)35-27(2,3)4)29-26(32)34-17-22-20-13-9-7-11-18(20)19-12-8-10-14-21(19)22/h7-14,22-23H,5-6,15-17H2,1-4H3,(H,28,31)(H,29,32)/t23-/m0/s1. The SMILES string of the molecule is CCCCOC(=O)[C@H](CNC(=O)OC(C)(C)C)NC(=O)OCC1c2ccccc2-c2ccccc21. The molecule has 0 unspecified atom stereocenters. The summed E-state index contributed by atoms with van der Waals surface area (Å²) >= 11 is 0. The van der Waals surface area contributed by atoms with E-state index in [-0.39, 0.29) is 25.7 Å². The third-order valence-corrected chi connectivity index (χ3v) is 5.51. The number of fused-ring (bicyclic) bond motifs is 3. The maximum absolute atomic E-state index is 12.7. The zero-order valence-electron chi connectivity index (χ0n) is 20.8. The van der Waals surface area contributed by atoms with Crippen molar-refractivity contribution in [1.29, 1.82) is 0 Å². The van der Waals surface area contributed by atoms with Crippen molar-refractivity contribution in [2.24, 2.45) is 0 Å². The maximum Gasteiger partial charge on any atom is 0.407 e. The van der Waals surface area contributed by atoms with Crippen LogP contribution >= 0.6 is 0 Å². The normalized spacial score (nSPS) is 13.3. The van der Waals surface area contributed by atoms with Crippen LogP contribution in [0.1, 0.15) is 57.6 Å². The molecule has 0 radical (unpaired) electrons. The van der Waals surface area contributed by atoms with Crippen molar-refractivity contribution in [2.75, 3.05) is 19.8 Å². The highest BCUT2D eigenvalue weighted by atomic mass is 16.6. The van der Waals surface area contributed by atoms with Gasteiger partial charge in [0.15, 0.2) is 0 Å². The van der Waals surface area contributed by atoms with Crippen molar-refractivity contribution in [3.05, 3.63) is 59.7 Å².